The number of esters is 2. The minimum absolute atomic E-state index is 0.268. The smallest absolute Gasteiger partial charge is 0.331 e. The summed E-state index contributed by atoms with van der Waals surface area (Å²) in [4.78, 5) is 23.8. The van der Waals surface area contributed by atoms with Crippen molar-refractivity contribution in [2.24, 2.45) is 0 Å². The summed E-state index contributed by atoms with van der Waals surface area (Å²) in [6.45, 7) is 3.13. The molecule has 0 saturated carbocycles. The lowest BCUT2D eigenvalue weighted by molar-refractivity contribution is -0.158. The van der Waals surface area contributed by atoms with Crippen LogP contribution < -0.4 is 0 Å². The lowest BCUT2D eigenvalue weighted by atomic mass is 10.2. The predicted octanol–water partition coefficient (Wildman–Crippen LogP) is 3.10. The van der Waals surface area contributed by atoms with E-state index in [2.05, 4.69) is 0 Å². The second-order valence-corrected chi connectivity index (χ2v) is 6.45. The lowest BCUT2D eigenvalue weighted by Gasteiger charge is -2.19. The molecule has 0 aliphatic heterocycles. The molecule has 4 N–H and O–H groups in total. The summed E-state index contributed by atoms with van der Waals surface area (Å²) in [6, 6.07) is 8.16. The van der Waals surface area contributed by atoms with Gasteiger partial charge in [-0.3, -0.25) is 0 Å². The lowest BCUT2D eigenvalue weighted by Crippen LogP contribution is -2.29. The molecule has 0 saturated heterocycles. The van der Waals surface area contributed by atoms with E-state index in [1.807, 2.05) is 0 Å². The van der Waals surface area contributed by atoms with Crippen LogP contribution in [0.5, 0.6) is 23.0 Å². The highest BCUT2D eigenvalue weighted by Crippen LogP contribution is 2.26. The minimum atomic E-state index is -0.731. The summed E-state index contributed by atoms with van der Waals surface area (Å²) in [5, 5.41) is 37.4. The van der Waals surface area contributed by atoms with Crippen LogP contribution in [0.15, 0.2) is 48.6 Å². The third-order valence-electron chi connectivity index (χ3n) is 4.09. The summed E-state index contributed by atoms with van der Waals surface area (Å²) >= 11 is 0. The van der Waals surface area contributed by atoms with Crippen LogP contribution in [0.3, 0.4) is 0 Å². The topological polar surface area (TPSA) is 134 Å². The van der Waals surface area contributed by atoms with Gasteiger partial charge in [0.1, 0.15) is 12.2 Å². The van der Waals surface area contributed by atoms with Crippen molar-refractivity contribution in [3.63, 3.8) is 0 Å². The molecule has 2 rings (SSSR count). The number of carbonyl (C=O) groups excluding carboxylic acids is 2. The quantitative estimate of drug-likeness (QED) is 0.309. The van der Waals surface area contributed by atoms with Gasteiger partial charge in [-0.1, -0.05) is 12.1 Å². The molecular formula is C22H22O8. The summed E-state index contributed by atoms with van der Waals surface area (Å²) in [5.41, 5.74) is 0.972. The fourth-order valence-electron chi connectivity index (χ4n) is 2.25. The number of phenols is 4. The van der Waals surface area contributed by atoms with Crippen LogP contribution in [0.25, 0.3) is 12.2 Å². The van der Waals surface area contributed by atoms with Crippen molar-refractivity contribution in [3.05, 3.63) is 59.7 Å². The van der Waals surface area contributed by atoms with Gasteiger partial charge in [0, 0.05) is 12.2 Å². The number of carbonyl (C=O) groups is 2. The van der Waals surface area contributed by atoms with Crippen LogP contribution in [0.2, 0.25) is 0 Å². The van der Waals surface area contributed by atoms with E-state index in [4.69, 9.17) is 9.47 Å². The number of aromatic hydroxyl groups is 4. The first-order valence-corrected chi connectivity index (χ1v) is 8.97. The molecule has 0 heterocycles. The van der Waals surface area contributed by atoms with E-state index < -0.39 is 24.1 Å². The summed E-state index contributed by atoms with van der Waals surface area (Å²) < 4.78 is 10.4. The van der Waals surface area contributed by atoms with E-state index in [1.54, 1.807) is 13.8 Å². The van der Waals surface area contributed by atoms with Gasteiger partial charge in [0.25, 0.3) is 0 Å². The van der Waals surface area contributed by atoms with Gasteiger partial charge in [0.2, 0.25) is 0 Å². The van der Waals surface area contributed by atoms with Gasteiger partial charge >= 0.3 is 11.9 Å². The molecule has 0 amide bonds. The number of benzene rings is 2. The Bertz CT molecular complexity index is 898. The second kappa shape index (κ2) is 10.0. The first-order valence-electron chi connectivity index (χ1n) is 8.97. The van der Waals surface area contributed by atoms with Gasteiger partial charge in [-0.25, -0.2) is 9.59 Å². The summed E-state index contributed by atoms with van der Waals surface area (Å²) in [5.74, 6) is -2.50. The summed E-state index contributed by atoms with van der Waals surface area (Å²) in [7, 11) is 0. The highest BCUT2D eigenvalue weighted by molar-refractivity contribution is 5.88. The molecule has 2 atom stereocenters. The highest BCUT2D eigenvalue weighted by atomic mass is 16.6. The standard InChI is InChI=1S/C22H22O8/c1-13(29-21(27)9-5-15-3-7-17(23)19(25)11-15)14(2)30-22(28)10-6-16-4-8-18(24)20(26)12-16/h3-14,23-26H,1-2H3/t13-,14-/m0/s1. The maximum Gasteiger partial charge on any atom is 0.331 e. The van der Waals surface area contributed by atoms with Gasteiger partial charge in [-0.2, -0.15) is 0 Å². The zero-order valence-electron chi connectivity index (χ0n) is 16.4. The van der Waals surface area contributed by atoms with Crippen molar-refractivity contribution < 1.29 is 39.5 Å². The van der Waals surface area contributed by atoms with E-state index in [-0.39, 0.29) is 23.0 Å². The van der Waals surface area contributed by atoms with E-state index in [1.165, 1.54) is 48.6 Å². The SMILES string of the molecule is C[C@H](OC(=O)C=Cc1ccc(O)c(O)c1)[C@H](C)OC(=O)C=Cc1ccc(O)c(O)c1. The Morgan fingerprint density at radius 1 is 0.700 bits per heavy atom. The number of hydrogen-bond donors (Lipinski definition) is 4. The van der Waals surface area contributed by atoms with Crippen molar-refractivity contribution in [2.75, 3.05) is 0 Å². The normalized spacial score (nSPS) is 13.3. The molecule has 0 fully saturated rings. The molecule has 2 aromatic carbocycles. The Balaban J connectivity index is 1.85. The molecule has 0 radical (unpaired) electrons. The summed E-state index contributed by atoms with van der Waals surface area (Å²) in [6.07, 6.45) is 3.64. The molecule has 158 valence electrons. The zero-order chi connectivity index (χ0) is 22.3. The van der Waals surface area contributed by atoms with Gasteiger partial charge in [0.15, 0.2) is 23.0 Å². The van der Waals surface area contributed by atoms with Crippen LogP contribution in [0.1, 0.15) is 25.0 Å². The second-order valence-electron chi connectivity index (χ2n) is 6.45. The molecule has 0 spiro atoms. The molecule has 0 bridgehead atoms. The third kappa shape index (κ3) is 6.59. The Morgan fingerprint density at radius 2 is 1.07 bits per heavy atom. The fraction of sp³-hybridized carbons (Fsp3) is 0.182. The van der Waals surface area contributed by atoms with Crippen LogP contribution >= 0.6 is 0 Å². The van der Waals surface area contributed by atoms with Gasteiger partial charge < -0.3 is 29.9 Å². The number of phenolic OH excluding ortho intramolecular Hbond substituents is 4. The molecular weight excluding hydrogens is 392 g/mol. The van der Waals surface area contributed by atoms with Crippen molar-refractivity contribution in [2.45, 2.75) is 26.1 Å². The number of hydrogen-bond acceptors (Lipinski definition) is 8. The van der Waals surface area contributed by atoms with Crippen molar-refractivity contribution in [1.82, 2.24) is 0 Å². The van der Waals surface area contributed by atoms with Crippen LogP contribution in [-0.2, 0) is 19.1 Å². The number of rotatable bonds is 7. The average Bonchev–Trinajstić information content (AvgIpc) is 2.69. The molecule has 30 heavy (non-hydrogen) atoms. The van der Waals surface area contributed by atoms with Crippen molar-refractivity contribution in [3.8, 4) is 23.0 Å². The Kier molecular flexibility index (Phi) is 7.46. The van der Waals surface area contributed by atoms with Crippen LogP contribution in [0.4, 0.5) is 0 Å². The van der Waals surface area contributed by atoms with E-state index in [0.29, 0.717) is 11.1 Å². The zero-order valence-corrected chi connectivity index (χ0v) is 16.4. The van der Waals surface area contributed by atoms with Crippen LogP contribution in [0, 0.1) is 0 Å². The predicted molar refractivity (Wildman–Crippen MR) is 109 cm³/mol. The molecule has 0 unspecified atom stereocenters. The van der Waals surface area contributed by atoms with E-state index in [0.717, 1.165) is 12.2 Å². The monoisotopic (exact) mass is 414 g/mol. The van der Waals surface area contributed by atoms with Crippen LogP contribution in [-0.4, -0.2) is 44.6 Å². The molecule has 0 aliphatic rings. The van der Waals surface area contributed by atoms with E-state index in [9.17, 15) is 30.0 Å². The molecule has 2 aromatic rings. The van der Waals surface area contributed by atoms with Crippen molar-refractivity contribution in [1.29, 1.82) is 0 Å². The highest BCUT2D eigenvalue weighted by Gasteiger charge is 2.19. The van der Waals surface area contributed by atoms with Crippen molar-refractivity contribution >= 4 is 24.1 Å². The maximum atomic E-state index is 11.9. The largest absolute Gasteiger partial charge is 0.504 e. The minimum Gasteiger partial charge on any atom is -0.504 e. The number of ether oxygens (including phenoxy) is 2. The molecule has 8 heteroatoms. The molecule has 0 aliphatic carbocycles. The molecule has 8 nitrogen and oxygen atoms in total. The Hall–Kier alpha value is -3.94. The maximum absolute atomic E-state index is 11.9. The first-order chi connectivity index (χ1) is 14.2. The average molecular weight is 414 g/mol. The van der Waals surface area contributed by atoms with Gasteiger partial charge in [0.05, 0.1) is 0 Å². The first kappa shape index (κ1) is 22.4. The van der Waals surface area contributed by atoms with Gasteiger partial charge in [-0.15, -0.1) is 0 Å². The van der Waals surface area contributed by atoms with Gasteiger partial charge in [-0.05, 0) is 61.4 Å². The Labute approximate surface area is 172 Å². The molecule has 0 aromatic heterocycles. The van der Waals surface area contributed by atoms with E-state index >= 15 is 0 Å². The fourth-order valence-corrected chi connectivity index (χ4v) is 2.25. The Morgan fingerprint density at radius 3 is 1.40 bits per heavy atom. The third-order valence-corrected chi connectivity index (χ3v) is 4.09.